The van der Waals surface area contributed by atoms with E-state index in [1.165, 1.54) is 0 Å². The topological polar surface area (TPSA) is 25.2 Å². The molecule has 0 spiro atoms. The Morgan fingerprint density at radius 3 is 2.48 bits per heavy atom. The summed E-state index contributed by atoms with van der Waals surface area (Å²) >= 11 is 12.5. The van der Waals surface area contributed by atoms with Crippen LogP contribution in [0.4, 0.5) is 0 Å². The fraction of sp³-hybridized carbons (Fsp3) is 0.176. The van der Waals surface area contributed by atoms with Crippen molar-refractivity contribution in [3.8, 4) is 0 Å². The first-order valence-corrected chi connectivity index (χ1v) is 7.52. The summed E-state index contributed by atoms with van der Waals surface area (Å²) in [6.45, 7) is 0. The monoisotopic (exact) mass is 319 g/mol. The first-order chi connectivity index (χ1) is 10.2. The number of rotatable bonds is 4. The van der Waals surface area contributed by atoms with E-state index >= 15 is 0 Å². The van der Waals surface area contributed by atoms with Gasteiger partial charge in [-0.25, -0.2) is 0 Å². The largest absolute Gasteiger partial charge is 0.464 e. The molecule has 0 fully saturated rings. The molecule has 0 aliphatic carbocycles. The van der Waals surface area contributed by atoms with Crippen LogP contribution in [0.3, 0.4) is 0 Å². The third kappa shape index (κ3) is 2.80. The second-order valence-electron chi connectivity index (χ2n) is 4.93. The molecule has 2 aromatic carbocycles. The van der Waals surface area contributed by atoms with Crippen LogP contribution in [0.2, 0.25) is 10.0 Å². The molecule has 108 valence electrons. The Labute approximate surface area is 133 Å². The highest BCUT2D eigenvalue weighted by Gasteiger charge is 2.18. The molecule has 0 saturated carbocycles. The average Bonchev–Trinajstić information content (AvgIpc) is 2.91. The van der Waals surface area contributed by atoms with Gasteiger partial charge in [-0.1, -0.05) is 47.5 Å². The lowest BCUT2D eigenvalue weighted by atomic mass is 9.98. The Hall–Kier alpha value is -1.48. The highest BCUT2D eigenvalue weighted by atomic mass is 35.5. The van der Waals surface area contributed by atoms with Crippen LogP contribution < -0.4 is 5.32 Å². The minimum Gasteiger partial charge on any atom is -0.464 e. The van der Waals surface area contributed by atoms with Crippen LogP contribution in [0.1, 0.15) is 17.2 Å². The second-order valence-corrected chi connectivity index (χ2v) is 5.75. The molecule has 0 aliphatic rings. The first kappa shape index (κ1) is 14.5. The van der Waals surface area contributed by atoms with Gasteiger partial charge in [0.1, 0.15) is 5.58 Å². The van der Waals surface area contributed by atoms with Crippen molar-refractivity contribution in [2.24, 2.45) is 0 Å². The van der Waals surface area contributed by atoms with Gasteiger partial charge >= 0.3 is 0 Å². The molecule has 2 nitrogen and oxygen atoms in total. The van der Waals surface area contributed by atoms with E-state index in [-0.39, 0.29) is 6.04 Å². The average molecular weight is 320 g/mol. The fourth-order valence-corrected chi connectivity index (χ4v) is 3.12. The summed E-state index contributed by atoms with van der Waals surface area (Å²) in [7, 11) is 1.93. The SMILES string of the molecule is CNC(Cc1c(Cl)cccc1Cl)c1coc2ccccc12. The number of likely N-dealkylation sites (N-methyl/N-ethyl adjacent to an activating group) is 1. The third-order valence-corrected chi connectivity index (χ3v) is 4.41. The number of halogens is 2. The van der Waals surface area contributed by atoms with Crippen LogP contribution in [0, 0.1) is 0 Å². The molecule has 0 aliphatic heterocycles. The van der Waals surface area contributed by atoms with Crippen LogP contribution in [-0.4, -0.2) is 7.05 Å². The maximum absolute atomic E-state index is 6.27. The number of benzene rings is 2. The number of fused-ring (bicyclic) bond motifs is 1. The summed E-state index contributed by atoms with van der Waals surface area (Å²) in [4.78, 5) is 0. The lowest BCUT2D eigenvalue weighted by molar-refractivity contribution is 0.563. The van der Waals surface area contributed by atoms with Crippen LogP contribution in [-0.2, 0) is 6.42 Å². The Kier molecular flexibility index (Phi) is 4.20. The second kappa shape index (κ2) is 6.10. The van der Waals surface area contributed by atoms with E-state index in [9.17, 15) is 0 Å². The Balaban J connectivity index is 1.99. The zero-order chi connectivity index (χ0) is 14.8. The maximum Gasteiger partial charge on any atom is 0.134 e. The summed E-state index contributed by atoms with van der Waals surface area (Å²) in [5.41, 5.74) is 2.95. The van der Waals surface area contributed by atoms with Crippen molar-refractivity contribution in [3.05, 3.63) is 69.9 Å². The molecule has 1 N–H and O–H groups in total. The highest BCUT2D eigenvalue weighted by molar-refractivity contribution is 6.36. The minimum absolute atomic E-state index is 0.0889. The van der Waals surface area contributed by atoms with Gasteiger partial charge in [0.05, 0.1) is 6.26 Å². The van der Waals surface area contributed by atoms with Gasteiger partial charge in [-0.15, -0.1) is 0 Å². The number of hydrogen-bond donors (Lipinski definition) is 1. The Morgan fingerprint density at radius 2 is 1.76 bits per heavy atom. The van der Waals surface area contributed by atoms with E-state index in [2.05, 4.69) is 11.4 Å². The van der Waals surface area contributed by atoms with E-state index in [0.29, 0.717) is 16.5 Å². The standard InChI is InChI=1S/C17H15Cl2NO/c1-20-16(9-12-14(18)6-4-7-15(12)19)13-10-21-17-8-3-2-5-11(13)17/h2-8,10,16,20H,9H2,1H3. The van der Waals surface area contributed by atoms with Gasteiger partial charge in [0.25, 0.3) is 0 Å². The van der Waals surface area contributed by atoms with E-state index in [0.717, 1.165) is 22.1 Å². The normalized spacial score (nSPS) is 12.7. The fourth-order valence-electron chi connectivity index (χ4n) is 2.57. The molecule has 1 aromatic heterocycles. The van der Waals surface area contributed by atoms with Crippen molar-refractivity contribution in [3.63, 3.8) is 0 Å². The number of furan rings is 1. The summed E-state index contributed by atoms with van der Waals surface area (Å²) in [6, 6.07) is 13.7. The number of nitrogens with one attached hydrogen (secondary N) is 1. The lowest BCUT2D eigenvalue weighted by Crippen LogP contribution is -2.18. The molecular formula is C17H15Cl2NO. The molecule has 3 aromatic rings. The van der Waals surface area contributed by atoms with Crippen LogP contribution in [0.25, 0.3) is 11.0 Å². The van der Waals surface area contributed by atoms with E-state index in [4.69, 9.17) is 27.6 Å². The lowest BCUT2D eigenvalue weighted by Gasteiger charge is -2.17. The van der Waals surface area contributed by atoms with Gasteiger partial charge in [0.2, 0.25) is 0 Å². The summed E-state index contributed by atoms with van der Waals surface area (Å²) in [5, 5.41) is 5.81. The van der Waals surface area contributed by atoms with Crippen molar-refractivity contribution < 1.29 is 4.42 Å². The number of para-hydroxylation sites is 1. The van der Waals surface area contributed by atoms with Gasteiger partial charge in [0, 0.05) is 27.0 Å². The third-order valence-electron chi connectivity index (χ3n) is 3.70. The van der Waals surface area contributed by atoms with Crippen molar-refractivity contribution in [2.45, 2.75) is 12.5 Å². The predicted molar refractivity (Wildman–Crippen MR) is 88.2 cm³/mol. The summed E-state index contributed by atoms with van der Waals surface area (Å²) in [6.07, 6.45) is 2.51. The molecule has 0 radical (unpaired) electrons. The van der Waals surface area contributed by atoms with Gasteiger partial charge < -0.3 is 9.73 Å². The van der Waals surface area contributed by atoms with E-state index in [1.54, 1.807) is 6.26 Å². The van der Waals surface area contributed by atoms with Crippen molar-refractivity contribution in [1.82, 2.24) is 5.32 Å². The summed E-state index contributed by atoms with van der Waals surface area (Å²) in [5.74, 6) is 0. The quantitative estimate of drug-likeness (QED) is 0.711. The van der Waals surface area contributed by atoms with Crippen LogP contribution >= 0.6 is 23.2 Å². The molecule has 4 heteroatoms. The van der Waals surface area contributed by atoms with Crippen molar-refractivity contribution in [2.75, 3.05) is 7.05 Å². The van der Waals surface area contributed by atoms with E-state index in [1.807, 2.05) is 43.4 Å². The summed E-state index contributed by atoms with van der Waals surface area (Å²) < 4.78 is 5.62. The van der Waals surface area contributed by atoms with Gasteiger partial charge in [-0.2, -0.15) is 0 Å². The predicted octanol–water partition coefficient (Wildman–Crippen LogP) is 5.24. The molecule has 3 rings (SSSR count). The van der Waals surface area contributed by atoms with Gasteiger partial charge in [-0.3, -0.25) is 0 Å². The van der Waals surface area contributed by atoms with Crippen LogP contribution in [0.5, 0.6) is 0 Å². The number of hydrogen-bond acceptors (Lipinski definition) is 2. The zero-order valence-electron chi connectivity index (χ0n) is 11.6. The molecule has 21 heavy (non-hydrogen) atoms. The molecule has 1 unspecified atom stereocenters. The molecule has 0 bridgehead atoms. The highest BCUT2D eigenvalue weighted by Crippen LogP contribution is 2.32. The van der Waals surface area contributed by atoms with Crippen LogP contribution in [0.15, 0.2) is 53.1 Å². The molecule has 0 saturated heterocycles. The zero-order valence-corrected chi connectivity index (χ0v) is 13.1. The van der Waals surface area contributed by atoms with Crippen molar-refractivity contribution >= 4 is 34.2 Å². The minimum atomic E-state index is 0.0889. The Bertz CT molecular complexity index is 746. The molecular weight excluding hydrogens is 305 g/mol. The first-order valence-electron chi connectivity index (χ1n) is 6.77. The van der Waals surface area contributed by atoms with Gasteiger partial charge in [0.15, 0.2) is 0 Å². The van der Waals surface area contributed by atoms with Gasteiger partial charge in [-0.05, 0) is 37.2 Å². The van der Waals surface area contributed by atoms with E-state index < -0.39 is 0 Å². The maximum atomic E-state index is 6.27. The molecule has 1 heterocycles. The van der Waals surface area contributed by atoms with Crippen molar-refractivity contribution in [1.29, 1.82) is 0 Å². The molecule has 0 amide bonds. The molecule has 1 atom stereocenters. The Morgan fingerprint density at radius 1 is 1.05 bits per heavy atom. The smallest absolute Gasteiger partial charge is 0.134 e.